The highest BCUT2D eigenvalue weighted by atomic mass is 16.5. The van der Waals surface area contributed by atoms with Gasteiger partial charge in [-0.3, -0.25) is 4.79 Å². The third-order valence-corrected chi connectivity index (χ3v) is 5.13. The summed E-state index contributed by atoms with van der Waals surface area (Å²) in [6.07, 6.45) is 1.49. The molecular weight excluding hydrogens is 372 g/mol. The Morgan fingerprint density at radius 3 is 2.03 bits per heavy atom. The quantitative estimate of drug-likeness (QED) is 0.683. The van der Waals surface area contributed by atoms with Gasteiger partial charge in [-0.05, 0) is 29.8 Å². The molecule has 7 heteroatoms. The number of rotatable bonds is 8. The van der Waals surface area contributed by atoms with E-state index in [9.17, 15) is 4.79 Å². The van der Waals surface area contributed by atoms with E-state index in [1.165, 1.54) is 0 Å². The first kappa shape index (κ1) is 20.8. The Balaban J connectivity index is 2.02. The Morgan fingerprint density at radius 1 is 0.897 bits per heavy atom. The summed E-state index contributed by atoms with van der Waals surface area (Å²) < 4.78 is 21.9. The average molecular weight is 400 g/mol. The lowest BCUT2D eigenvalue weighted by Gasteiger charge is -2.31. The van der Waals surface area contributed by atoms with Crippen molar-refractivity contribution in [2.75, 3.05) is 59.5 Å². The van der Waals surface area contributed by atoms with Gasteiger partial charge in [-0.1, -0.05) is 0 Å². The molecule has 0 atom stereocenters. The number of nitrogens with zero attached hydrogens (tertiary/aromatic N) is 1. The summed E-state index contributed by atoms with van der Waals surface area (Å²) in [5, 5.41) is 3.34. The fourth-order valence-electron chi connectivity index (χ4n) is 3.69. The van der Waals surface area contributed by atoms with E-state index in [0.717, 1.165) is 49.3 Å². The Morgan fingerprint density at radius 2 is 1.52 bits per heavy atom. The third kappa shape index (κ3) is 4.40. The maximum Gasteiger partial charge on any atom is 0.203 e. The van der Waals surface area contributed by atoms with Gasteiger partial charge in [0.1, 0.15) is 5.75 Å². The van der Waals surface area contributed by atoms with Crippen LogP contribution in [0.1, 0.15) is 21.5 Å². The highest BCUT2D eigenvalue weighted by Crippen LogP contribution is 2.39. The van der Waals surface area contributed by atoms with Gasteiger partial charge < -0.3 is 29.2 Å². The summed E-state index contributed by atoms with van der Waals surface area (Å²) in [6, 6.07) is 7.73. The molecule has 3 rings (SSSR count). The molecule has 1 heterocycles. The standard InChI is InChI=1S/C22H28N2O5/c1-26-19-13-17(14-25)18(24-7-5-23-6-8-24)12-16(19)9-15-10-20(27-2)22(29-4)21(11-15)28-3/h10-14,23H,5-9H2,1-4H3. The third-order valence-electron chi connectivity index (χ3n) is 5.13. The lowest BCUT2D eigenvalue weighted by Crippen LogP contribution is -2.44. The van der Waals surface area contributed by atoms with E-state index in [1.807, 2.05) is 18.2 Å². The van der Waals surface area contributed by atoms with Crippen LogP contribution in [0.4, 0.5) is 5.69 Å². The Labute approximate surface area is 171 Å². The first-order valence-corrected chi connectivity index (χ1v) is 9.55. The first-order valence-electron chi connectivity index (χ1n) is 9.55. The predicted octanol–water partition coefficient (Wildman–Crippen LogP) is 2.53. The highest BCUT2D eigenvalue weighted by molar-refractivity contribution is 5.86. The maximum absolute atomic E-state index is 11.7. The summed E-state index contributed by atoms with van der Waals surface area (Å²) in [6.45, 7) is 3.51. The van der Waals surface area contributed by atoms with Gasteiger partial charge >= 0.3 is 0 Å². The molecule has 1 N–H and O–H groups in total. The molecule has 7 nitrogen and oxygen atoms in total. The molecule has 1 aliphatic rings. The van der Waals surface area contributed by atoms with Gasteiger partial charge in [-0.25, -0.2) is 0 Å². The van der Waals surface area contributed by atoms with Gasteiger partial charge in [0.25, 0.3) is 0 Å². The number of carbonyl (C=O) groups excluding carboxylic acids is 1. The minimum absolute atomic E-state index is 0.559. The topological polar surface area (TPSA) is 69.3 Å². The van der Waals surface area contributed by atoms with Gasteiger partial charge in [0.15, 0.2) is 17.8 Å². The Bertz CT molecular complexity index is 838. The number of piperazine rings is 1. The zero-order chi connectivity index (χ0) is 20.8. The van der Waals surface area contributed by atoms with Crippen molar-refractivity contribution < 1.29 is 23.7 Å². The second-order valence-corrected chi connectivity index (χ2v) is 6.79. The molecule has 0 aliphatic carbocycles. The summed E-state index contributed by atoms with van der Waals surface area (Å²) in [5.74, 6) is 2.45. The monoisotopic (exact) mass is 400 g/mol. The summed E-state index contributed by atoms with van der Waals surface area (Å²) in [5.41, 5.74) is 3.55. The number of anilines is 1. The zero-order valence-electron chi connectivity index (χ0n) is 17.4. The molecule has 0 saturated carbocycles. The molecule has 1 fully saturated rings. The Kier molecular flexibility index (Phi) is 6.82. The number of hydrogen-bond donors (Lipinski definition) is 1. The zero-order valence-corrected chi connectivity index (χ0v) is 17.4. The summed E-state index contributed by atoms with van der Waals surface area (Å²) in [7, 11) is 6.40. The largest absolute Gasteiger partial charge is 0.496 e. The van der Waals surface area contributed by atoms with Crippen LogP contribution in [0.5, 0.6) is 23.0 Å². The van der Waals surface area contributed by atoms with Crippen molar-refractivity contribution in [3.05, 3.63) is 41.0 Å². The lowest BCUT2D eigenvalue weighted by atomic mass is 9.99. The smallest absolute Gasteiger partial charge is 0.203 e. The molecular formula is C22H28N2O5. The number of aldehydes is 1. The number of methoxy groups -OCH3 is 4. The van der Waals surface area contributed by atoms with Crippen LogP contribution in [0.25, 0.3) is 0 Å². The van der Waals surface area contributed by atoms with Gasteiger partial charge in [0.05, 0.1) is 28.4 Å². The highest BCUT2D eigenvalue weighted by Gasteiger charge is 2.19. The van der Waals surface area contributed by atoms with Gasteiger partial charge in [-0.2, -0.15) is 0 Å². The van der Waals surface area contributed by atoms with E-state index in [2.05, 4.69) is 16.3 Å². The second kappa shape index (κ2) is 9.52. The SMILES string of the molecule is COc1cc(C=O)c(N2CCNCC2)cc1Cc1cc(OC)c(OC)c(OC)c1. The van der Waals surface area contributed by atoms with Crippen LogP contribution in [-0.2, 0) is 6.42 Å². The average Bonchev–Trinajstić information content (AvgIpc) is 2.78. The van der Waals surface area contributed by atoms with Crippen LogP contribution in [0.3, 0.4) is 0 Å². The summed E-state index contributed by atoms with van der Waals surface area (Å²) in [4.78, 5) is 13.9. The van der Waals surface area contributed by atoms with E-state index < -0.39 is 0 Å². The van der Waals surface area contributed by atoms with Crippen molar-refractivity contribution in [3.8, 4) is 23.0 Å². The predicted molar refractivity (Wildman–Crippen MR) is 112 cm³/mol. The number of hydrogen-bond acceptors (Lipinski definition) is 7. The van der Waals surface area contributed by atoms with Crippen molar-refractivity contribution in [1.82, 2.24) is 5.32 Å². The molecule has 2 aromatic rings. The Hall–Kier alpha value is -2.93. The molecule has 0 radical (unpaired) electrons. The van der Waals surface area contributed by atoms with Gasteiger partial charge in [0, 0.05) is 49.4 Å². The first-order chi connectivity index (χ1) is 14.1. The van der Waals surface area contributed by atoms with E-state index in [4.69, 9.17) is 18.9 Å². The van der Waals surface area contributed by atoms with Crippen molar-refractivity contribution in [2.45, 2.75) is 6.42 Å². The van der Waals surface area contributed by atoms with Crippen LogP contribution in [0.2, 0.25) is 0 Å². The van der Waals surface area contributed by atoms with Crippen molar-refractivity contribution >= 4 is 12.0 Å². The van der Waals surface area contributed by atoms with Crippen molar-refractivity contribution in [2.24, 2.45) is 0 Å². The van der Waals surface area contributed by atoms with Crippen LogP contribution in [0.15, 0.2) is 24.3 Å². The molecule has 0 bridgehead atoms. The van der Waals surface area contributed by atoms with Crippen LogP contribution in [0, 0.1) is 0 Å². The molecule has 156 valence electrons. The van der Waals surface area contributed by atoms with E-state index in [0.29, 0.717) is 35.0 Å². The molecule has 0 aromatic heterocycles. The van der Waals surface area contributed by atoms with Crippen molar-refractivity contribution in [3.63, 3.8) is 0 Å². The number of benzene rings is 2. The fraction of sp³-hybridized carbons (Fsp3) is 0.409. The molecule has 1 saturated heterocycles. The molecule has 0 amide bonds. The molecule has 2 aromatic carbocycles. The minimum Gasteiger partial charge on any atom is -0.496 e. The molecule has 1 aliphatic heterocycles. The normalized spacial score (nSPS) is 13.7. The molecule has 0 spiro atoms. The summed E-state index contributed by atoms with van der Waals surface area (Å²) >= 11 is 0. The van der Waals surface area contributed by atoms with E-state index in [1.54, 1.807) is 28.4 Å². The van der Waals surface area contributed by atoms with E-state index >= 15 is 0 Å². The molecule has 29 heavy (non-hydrogen) atoms. The number of ether oxygens (including phenoxy) is 4. The number of carbonyl (C=O) groups is 1. The minimum atomic E-state index is 0.559. The lowest BCUT2D eigenvalue weighted by molar-refractivity contribution is 0.112. The van der Waals surface area contributed by atoms with E-state index in [-0.39, 0.29) is 0 Å². The number of nitrogens with one attached hydrogen (secondary N) is 1. The van der Waals surface area contributed by atoms with Crippen LogP contribution >= 0.6 is 0 Å². The van der Waals surface area contributed by atoms with Gasteiger partial charge in [0.2, 0.25) is 5.75 Å². The van der Waals surface area contributed by atoms with Crippen LogP contribution in [-0.4, -0.2) is 60.9 Å². The van der Waals surface area contributed by atoms with Crippen LogP contribution < -0.4 is 29.2 Å². The second-order valence-electron chi connectivity index (χ2n) is 6.79. The van der Waals surface area contributed by atoms with Crippen molar-refractivity contribution in [1.29, 1.82) is 0 Å². The fourth-order valence-corrected chi connectivity index (χ4v) is 3.69. The maximum atomic E-state index is 11.7. The molecule has 0 unspecified atom stereocenters. The van der Waals surface area contributed by atoms with Gasteiger partial charge in [-0.15, -0.1) is 0 Å².